The molecule has 1 N–H and O–H groups in total. The van der Waals surface area contributed by atoms with Crippen molar-refractivity contribution < 1.29 is 14.3 Å². The number of nitrogens with one attached hydrogen (secondary N) is 1. The molecule has 0 saturated heterocycles. The highest BCUT2D eigenvalue weighted by Crippen LogP contribution is 2.24. The zero-order chi connectivity index (χ0) is 12.7. The van der Waals surface area contributed by atoms with Gasteiger partial charge in [0.05, 0.1) is 14.2 Å². The minimum atomic E-state index is 0.194. The number of methoxy groups -OCH3 is 2. The molecule has 17 heavy (non-hydrogen) atoms. The van der Waals surface area contributed by atoms with Gasteiger partial charge in [0, 0.05) is 31.1 Å². The number of Topliss-reactive ketones (excluding diaryl/α,β-unsaturated/α-hetero) is 1. The van der Waals surface area contributed by atoms with E-state index < -0.39 is 0 Å². The van der Waals surface area contributed by atoms with Crippen LogP contribution in [0.2, 0.25) is 0 Å². The van der Waals surface area contributed by atoms with Crippen molar-refractivity contribution in [1.82, 2.24) is 5.32 Å². The number of ether oxygens (including phenoxy) is 2. The van der Waals surface area contributed by atoms with Crippen LogP contribution in [0.5, 0.6) is 11.5 Å². The Bertz CT molecular complexity index is 377. The number of hydrogen-bond donors (Lipinski definition) is 1. The Morgan fingerprint density at radius 3 is 2.65 bits per heavy atom. The molecule has 0 fully saturated rings. The molecule has 0 atom stereocenters. The Morgan fingerprint density at radius 1 is 1.29 bits per heavy atom. The summed E-state index contributed by atoms with van der Waals surface area (Å²) in [6.07, 6.45) is 0.554. The fourth-order valence-corrected chi connectivity index (χ4v) is 1.49. The van der Waals surface area contributed by atoms with Crippen molar-refractivity contribution in [3.8, 4) is 11.5 Å². The van der Waals surface area contributed by atoms with Crippen LogP contribution in [0.1, 0.15) is 18.9 Å². The van der Waals surface area contributed by atoms with Gasteiger partial charge in [0.15, 0.2) is 0 Å². The zero-order valence-corrected chi connectivity index (χ0v) is 10.6. The van der Waals surface area contributed by atoms with Crippen LogP contribution >= 0.6 is 0 Å². The van der Waals surface area contributed by atoms with Gasteiger partial charge in [-0.2, -0.15) is 0 Å². The van der Waals surface area contributed by atoms with Crippen LogP contribution in [-0.2, 0) is 11.3 Å². The molecule has 0 heterocycles. The maximum absolute atomic E-state index is 10.8. The van der Waals surface area contributed by atoms with Gasteiger partial charge in [-0.1, -0.05) is 6.07 Å². The third-order valence-corrected chi connectivity index (χ3v) is 2.46. The molecule has 1 aromatic carbocycles. The Hall–Kier alpha value is -1.55. The molecule has 4 nitrogen and oxygen atoms in total. The van der Waals surface area contributed by atoms with Crippen LogP contribution < -0.4 is 14.8 Å². The normalized spacial score (nSPS) is 10.1. The first kappa shape index (κ1) is 13.5. The van der Waals surface area contributed by atoms with Crippen LogP contribution in [0.3, 0.4) is 0 Å². The summed E-state index contributed by atoms with van der Waals surface area (Å²) < 4.78 is 10.4. The largest absolute Gasteiger partial charge is 0.497 e. The summed E-state index contributed by atoms with van der Waals surface area (Å²) in [6.45, 7) is 2.96. The summed E-state index contributed by atoms with van der Waals surface area (Å²) in [5.74, 6) is 1.76. The van der Waals surface area contributed by atoms with Crippen molar-refractivity contribution in [2.24, 2.45) is 0 Å². The molecule has 0 radical (unpaired) electrons. The van der Waals surface area contributed by atoms with Gasteiger partial charge in [-0.15, -0.1) is 0 Å². The molecule has 94 valence electrons. The summed E-state index contributed by atoms with van der Waals surface area (Å²) in [5, 5.41) is 3.20. The predicted octanol–water partition coefficient (Wildman–Crippen LogP) is 1.77. The molecular weight excluding hydrogens is 218 g/mol. The highest BCUT2D eigenvalue weighted by molar-refractivity contribution is 5.75. The number of rotatable bonds is 7. The lowest BCUT2D eigenvalue weighted by atomic mass is 10.2. The molecule has 0 amide bonds. The smallest absolute Gasteiger partial charge is 0.131 e. The van der Waals surface area contributed by atoms with E-state index >= 15 is 0 Å². The van der Waals surface area contributed by atoms with Crippen molar-refractivity contribution in [3.05, 3.63) is 23.8 Å². The maximum atomic E-state index is 10.8. The number of benzene rings is 1. The topological polar surface area (TPSA) is 47.6 Å². The quantitative estimate of drug-likeness (QED) is 0.734. The van der Waals surface area contributed by atoms with E-state index in [1.54, 1.807) is 21.1 Å². The van der Waals surface area contributed by atoms with Gasteiger partial charge in [0.1, 0.15) is 17.3 Å². The fourth-order valence-electron chi connectivity index (χ4n) is 1.49. The Morgan fingerprint density at radius 2 is 2.06 bits per heavy atom. The monoisotopic (exact) mass is 237 g/mol. The molecule has 0 aliphatic rings. The number of hydrogen-bond acceptors (Lipinski definition) is 4. The van der Waals surface area contributed by atoms with E-state index in [2.05, 4.69) is 5.32 Å². The average molecular weight is 237 g/mol. The highest BCUT2D eigenvalue weighted by Gasteiger charge is 2.04. The number of carbonyl (C=O) groups excluding carboxylic acids is 1. The van der Waals surface area contributed by atoms with Crippen molar-refractivity contribution in [2.45, 2.75) is 19.9 Å². The molecule has 0 aliphatic carbocycles. The van der Waals surface area contributed by atoms with E-state index in [0.717, 1.165) is 17.1 Å². The second-order valence-corrected chi connectivity index (χ2v) is 3.81. The second-order valence-electron chi connectivity index (χ2n) is 3.81. The van der Waals surface area contributed by atoms with Crippen LogP contribution in [0.15, 0.2) is 18.2 Å². The number of carbonyl (C=O) groups is 1. The van der Waals surface area contributed by atoms with Gasteiger partial charge in [0.2, 0.25) is 0 Å². The lowest BCUT2D eigenvalue weighted by molar-refractivity contribution is -0.116. The second kappa shape index (κ2) is 6.91. The molecule has 1 rings (SSSR count). The first-order valence-electron chi connectivity index (χ1n) is 5.58. The summed E-state index contributed by atoms with van der Waals surface area (Å²) in [5.41, 5.74) is 1.05. The molecule has 0 spiro atoms. The van der Waals surface area contributed by atoms with Crippen LogP contribution in [0.25, 0.3) is 0 Å². The molecule has 0 saturated carbocycles. The van der Waals surface area contributed by atoms with E-state index in [-0.39, 0.29) is 5.78 Å². The van der Waals surface area contributed by atoms with Crippen molar-refractivity contribution >= 4 is 5.78 Å². The molecule has 0 aromatic heterocycles. The number of ketones is 1. The molecule has 1 aromatic rings. The minimum Gasteiger partial charge on any atom is -0.497 e. The maximum Gasteiger partial charge on any atom is 0.131 e. The van der Waals surface area contributed by atoms with Crippen molar-refractivity contribution in [1.29, 1.82) is 0 Å². The Balaban J connectivity index is 2.55. The summed E-state index contributed by atoms with van der Waals surface area (Å²) in [4.78, 5) is 10.8. The minimum absolute atomic E-state index is 0.194. The molecule has 4 heteroatoms. The van der Waals surface area contributed by atoms with E-state index in [1.165, 1.54) is 0 Å². The van der Waals surface area contributed by atoms with Gasteiger partial charge in [-0.05, 0) is 13.0 Å². The van der Waals surface area contributed by atoms with Crippen LogP contribution in [-0.4, -0.2) is 26.5 Å². The van der Waals surface area contributed by atoms with Gasteiger partial charge >= 0.3 is 0 Å². The SMILES string of the molecule is COc1ccc(CNCCC(C)=O)c(OC)c1. The molecule has 0 unspecified atom stereocenters. The Labute approximate surface area is 102 Å². The lowest BCUT2D eigenvalue weighted by Crippen LogP contribution is -2.17. The summed E-state index contributed by atoms with van der Waals surface area (Å²) >= 11 is 0. The van der Waals surface area contributed by atoms with Crippen LogP contribution in [0.4, 0.5) is 0 Å². The Kier molecular flexibility index (Phi) is 5.49. The summed E-state index contributed by atoms with van der Waals surface area (Å²) in [6, 6.07) is 5.70. The van der Waals surface area contributed by atoms with E-state index in [1.807, 2.05) is 18.2 Å². The third-order valence-electron chi connectivity index (χ3n) is 2.46. The lowest BCUT2D eigenvalue weighted by Gasteiger charge is -2.10. The van der Waals surface area contributed by atoms with E-state index in [9.17, 15) is 4.79 Å². The van der Waals surface area contributed by atoms with Crippen molar-refractivity contribution in [2.75, 3.05) is 20.8 Å². The van der Waals surface area contributed by atoms with E-state index in [4.69, 9.17) is 9.47 Å². The highest BCUT2D eigenvalue weighted by atomic mass is 16.5. The molecule has 0 aliphatic heterocycles. The first-order valence-corrected chi connectivity index (χ1v) is 5.58. The fraction of sp³-hybridized carbons (Fsp3) is 0.462. The predicted molar refractivity (Wildman–Crippen MR) is 66.6 cm³/mol. The van der Waals surface area contributed by atoms with Crippen molar-refractivity contribution in [3.63, 3.8) is 0 Å². The van der Waals surface area contributed by atoms with E-state index in [0.29, 0.717) is 19.5 Å². The van der Waals surface area contributed by atoms with Gasteiger partial charge in [-0.3, -0.25) is 4.79 Å². The van der Waals surface area contributed by atoms with Gasteiger partial charge < -0.3 is 14.8 Å². The standard InChI is InChI=1S/C13H19NO3/c1-10(15)6-7-14-9-11-4-5-12(16-2)8-13(11)17-3/h4-5,8,14H,6-7,9H2,1-3H3. The molecule has 0 bridgehead atoms. The third kappa shape index (κ3) is 4.44. The van der Waals surface area contributed by atoms with Crippen LogP contribution in [0, 0.1) is 0 Å². The summed E-state index contributed by atoms with van der Waals surface area (Å²) in [7, 11) is 3.26. The van der Waals surface area contributed by atoms with Gasteiger partial charge in [-0.25, -0.2) is 0 Å². The molecular formula is C13H19NO3. The van der Waals surface area contributed by atoms with Gasteiger partial charge in [0.25, 0.3) is 0 Å². The average Bonchev–Trinajstić information content (AvgIpc) is 2.34. The first-order chi connectivity index (χ1) is 8.17. The zero-order valence-electron chi connectivity index (χ0n) is 10.6.